The Morgan fingerprint density at radius 2 is 1.55 bits per heavy atom. The van der Waals surface area contributed by atoms with E-state index in [1.807, 2.05) is 30.3 Å². The summed E-state index contributed by atoms with van der Waals surface area (Å²) in [6, 6.07) is 23.2. The lowest BCUT2D eigenvalue weighted by Gasteiger charge is -2.12. The lowest BCUT2D eigenvalue weighted by Crippen LogP contribution is -2.05. The second-order valence-corrected chi connectivity index (χ2v) is 8.44. The van der Waals surface area contributed by atoms with Crippen molar-refractivity contribution in [3.05, 3.63) is 101 Å². The fraction of sp³-hybridized carbons (Fsp3) is 0.286. The number of aryl methyl sites for hydroxylation is 2. The Labute approximate surface area is 193 Å². The van der Waals surface area contributed by atoms with E-state index in [1.54, 1.807) is 6.07 Å². The van der Waals surface area contributed by atoms with Crippen molar-refractivity contribution in [1.82, 2.24) is 4.57 Å². The molecule has 0 fully saturated rings. The molecule has 3 aromatic carbocycles. The van der Waals surface area contributed by atoms with E-state index in [2.05, 4.69) is 41.8 Å². The Balaban J connectivity index is 1.39. The maximum Gasteiger partial charge on any atom is 0.151 e. The van der Waals surface area contributed by atoms with Gasteiger partial charge in [-0.1, -0.05) is 49.7 Å². The van der Waals surface area contributed by atoms with Crippen molar-refractivity contribution < 1.29 is 19.3 Å². The normalized spacial score (nSPS) is 11.4. The number of halogens is 1. The first kappa shape index (κ1) is 23.0. The molecule has 1 heterocycles. The number of hydrogen-bond donors (Lipinski definition) is 2. The largest absolute Gasteiger partial charge is 0.489 e. The molecule has 0 saturated carbocycles. The van der Waals surface area contributed by atoms with E-state index in [9.17, 15) is 4.39 Å². The molecule has 0 saturated heterocycles. The zero-order chi connectivity index (χ0) is 23.2. The van der Waals surface area contributed by atoms with Gasteiger partial charge in [0, 0.05) is 29.6 Å². The minimum Gasteiger partial charge on any atom is -0.489 e. The number of rotatable bonds is 10. The van der Waals surface area contributed by atoms with Crippen molar-refractivity contribution >= 4 is 10.9 Å². The highest BCUT2D eigenvalue weighted by atomic mass is 19.1. The van der Waals surface area contributed by atoms with Gasteiger partial charge in [-0.15, -0.1) is 0 Å². The maximum absolute atomic E-state index is 13.7. The smallest absolute Gasteiger partial charge is 0.151 e. The van der Waals surface area contributed by atoms with Crippen LogP contribution in [0.2, 0.25) is 0 Å². The molecule has 4 rings (SSSR count). The topological polar surface area (TPSA) is 54.6 Å². The Kier molecular flexibility index (Phi) is 7.43. The second-order valence-electron chi connectivity index (χ2n) is 8.44. The van der Waals surface area contributed by atoms with E-state index in [0.717, 1.165) is 47.2 Å². The molecule has 0 aliphatic heterocycles. The van der Waals surface area contributed by atoms with Crippen LogP contribution in [0.1, 0.15) is 42.1 Å². The Hall–Kier alpha value is -3.15. The number of aliphatic hydroxyl groups excluding tert-OH is 1. The van der Waals surface area contributed by atoms with Gasteiger partial charge in [-0.05, 0) is 65.9 Å². The molecule has 0 bridgehead atoms. The third-order valence-corrected chi connectivity index (χ3v) is 5.84. The van der Waals surface area contributed by atoms with Crippen LogP contribution in [0.4, 0.5) is 4.39 Å². The summed E-state index contributed by atoms with van der Waals surface area (Å²) in [5.41, 5.74) is 5.60. The molecule has 0 unspecified atom stereocenters. The fourth-order valence-electron chi connectivity index (χ4n) is 4.09. The minimum absolute atomic E-state index is 0.203. The monoisotopic (exact) mass is 447 g/mol. The van der Waals surface area contributed by atoms with Crippen molar-refractivity contribution in [1.29, 1.82) is 0 Å². The third-order valence-electron chi connectivity index (χ3n) is 5.84. The van der Waals surface area contributed by atoms with Crippen molar-refractivity contribution in [2.45, 2.75) is 52.0 Å². The van der Waals surface area contributed by atoms with E-state index >= 15 is 0 Å². The van der Waals surface area contributed by atoms with Crippen molar-refractivity contribution in [3.8, 4) is 5.75 Å². The van der Waals surface area contributed by atoms with Crippen LogP contribution >= 0.6 is 0 Å². The molecule has 33 heavy (non-hydrogen) atoms. The van der Waals surface area contributed by atoms with Gasteiger partial charge in [0.2, 0.25) is 0 Å². The van der Waals surface area contributed by atoms with Crippen LogP contribution in [0.15, 0.2) is 72.8 Å². The molecule has 0 radical (unpaired) electrons. The van der Waals surface area contributed by atoms with Gasteiger partial charge in [0.15, 0.2) is 6.29 Å². The molecule has 0 spiro atoms. The quantitative estimate of drug-likeness (QED) is 0.311. The highest BCUT2D eigenvalue weighted by Gasteiger charge is 2.10. The molecule has 0 aliphatic rings. The lowest BCUT2D eigenvalue weighted by atomic mass is 10.1. The Morgan fingerprint density at radius 1 is 0.848 bits per heavy atom. The number of benzene rings is 3. The van der Waals surface area contributed by atoms with E-state index in [-0.39, 0.29) is 5.82 Å². The zero-order valence-corrected chi connectivity index (χ0v) is 18.9. The van der Waals surface area contributed by atoms with Crippen LogP contribution in [0.25, 0.3) is 10.9 Å². The number of ether oxygens (including phenoxy) is 1. The van der Waals surface area contributed by atoms with Crippen molar-refractivity contribution in [2.75, 3.05) is 0 Å². The minimum atomic E-state index is -1.28. The fourth-order valence-corrected chi connectivity index (χ4v) is 4.09. The molecule has 5 heteroatoms. The van der Waals surface area contributed by atoms with E-state index in [0.29, 0.717) is 19.4 Å². The van der Waals surface area contributed by atoms with Crippen molar-refractivity contribution in [2.24, 2.45) is 0 Å². The highest BCUT2D eigenvalue weighted by molar-refractivity contribution is 5.81. The molecule has 0 amide bonds. The zero-order valence-electron chi connectivity index (χ0n) is 18.9. The number of aromatic nitrogens is 1. The summed E-state index contributed by atoms with van der Waals surface area (Å²) in [4.78, 5) is 0. The van der Waals surface area contributed by atoms with Crippen LogP contribution in [0, 0.1) is 5.82 Å². The number of hydrogen-bond acceptors (Lipinski definition) is 3. The molecule has 172 valence electrons. The van der Waals surface area contributed by atoms with Gasteiger partial charge in [0.1, 0.15) is 18.2 Å². The molecule has 1 aromatic heterocycles. The van der Waals surface area contributed by atoms with Gasteiger partial charge >= 0.3 is 0 Å². The van der Waals surface area contributed by atoms with E-state index in [1.165, 1.54) is 17.3 Å². The summed E-state index contributed by atoms with van der Waals surface area (Å²) in [5, 5.41) is 18.9. The van der Waals surface area contributed by atoms with Gasteiger partial charge in [0.25, 0.3) is 0 Å². The van der Waals surface area contributed by atoms with Crippen LogP contribution in [-0.2, 0) is 26.0 Å². The molecule has 0 aliphatic carbocycles. The predicted octanol–water partition coefficient (Wildman–Crippen LogP) is 5.60. The summed E-state index contributed by atoms with van der Waals surface area (Å²) in [6.45, 7) is 3.38. The summed E-state index contributed by atoms with van der Waals surface area (Å²) < 4.78 is 21.9. The van der Waals surface area contributed by atoms with Crippen LogP contribution in [-0.4, -0.2) is 21.1 Å². The average Bonchev–Trinajstić information content (AvgIpc) is 3.14. The highest BCUT2D eigenvalue weighted by Crippen LogP contribution is 2.24. The molecular formula is C28H30FNO3. The second kappa shape index (κ2) is 10.6. The summed E-state index contributed by atoms with van der Waals surface area (Å²) in [7, 11) is 0. The third kappa shape index (κ3) is 6.01. The summed E-state index contributed by atoms with van der Waals surface area (Å²) in [5.74, 6) is 0.577. The molecule has 4 nitrogen and oxygen atoms in total. The van der Waals surface area contributed by atoms with Crippen molar-refractivity contribution in [3.63, 3.8) is 0 Å². The van der Waals surface area contributed by atoms with Crippen LogP contribution in [0.3, 0.4) is 0 Å². The summed E-state index contributed by atoms with van der Waals surface area (Å²) in [6.07, 6.45) is 1.66. The van der Waals surface area contributed by atoms with Gasteiger partial charge in [-0.2, -0.15) is 0 Å². The number of fused-ring (bicyclic) bond motifs is 1. The Morgan fingerprint density at radius 3 is 2.24 bits per heavy atom. The standard InChI is InChI=1S/C28H30FNO3/c1-2-3-25-17-23-16-24(29)11-14-27(23)30(25)18-21-4-6-22(7-5-21)19-33-26-12-8-20(9-13-26)10-15-28(31)32/h4-9,11-14,16-17,28,31-32H,2-3,10,15,18-19H2,1H3. The summed E-state index contributed by atoms with van der Waals surface area (Å²) >= 11 is 0. The maximum atomic E-state index is 13.7. The predicted molar refractivity (Wildman–Crippen MR) is 129 cm³/mol. The molecule has 2 N–H and O–H groups in total. The van der Waals surface area contributed by atoms with Gasteiger partial charge < -0.3 is 19.5 Å². The number of nitrogens with zero attached hydrogens (tertiary/aromatic N) is 1. The SMILES string of the molecule is CCCc1cc2cc(F)ccc2n1Cc1ccc(COc2ccc(CCC(O)O)cc2)cc1. The molecular weight excluding hydrogens is 417 g/mol. The molecule has 0 atom stereocenters. The van der Waals surface area contributed by atoms with Gasteiger partial charge in [-0.3, -0.25) is 0 Å². The van der Waals surface area contributed by atoms with Crippen LogP contribution < -0.4 is 4.74 Å². The van der Waals surface area contributed by atoms with Gasteiger partial charge in [-0.25, -0.2) is 4.39 Å². The first-order valence-electron chi connectivity index (χ1n) is 11.4. The van der Waals surface area contributed by atoms with Crippen LogP contribution in [0.5, 0.6) is 5.75 Å². The Bertz CT molecular complexity index is 1180. The average molecular weight is 448 g/mol. The first-order chi connectivity index (χ1) is 16.0. The van der Waals surface area contributed by atoms with E-state index < -0.39 is 6.29 Å². The lowest BCUT2D eigenvalue weighted by molar-refractivity contribution is -0.0447. The number of aliphatic hydroxyl groups is 2. The molecule has 4 aromatic rings. The van der Waals surface area contributed by atoms with Gasteiger partial charge in [0.05, 0.1) is 0 Å². The van der Waals surface area contributed by atoms with E-state index in [4.69, 9.17) is 14.9 Å². The first-order valence-corrected chi connectivity index (χ1v) is 11.4.